The Hall–Kier alpha value is -1.73. The Labute approximate surface area is 126 Å². The van der Waals surface area contributed by atoms with Gasteiger partial charge >= 0.3 is 0 Å². The quantitative estimate of drug-likeness (QED) is 0.890. The Morgan fingerprint density at radius 3 is 2.71 bits per heavy atom. The van der Waals surface area contributed by atoms with Crippen LogP contribution in [0.4, 0.5) is 13.2 Å². The molecule has 2 aromatic rings. The molecule has 0 saturated heterocycles. The maximum absolute atomic E-state index is 13.5. The van der Waals surface area contributed by atoms with Crippen LogP contribution in [0.1, 0.15) is 0 Å². The standard InChI is InChI=1S/C13H14F3N3O.ClH/c14-11-2-1-9(5-12(11)20-8-13(15)16)10-6-18-19(7-10)4-3-17;/h1-2,5-7,13H,3-4,8,17H2;1H. The minimum absolute atomic E-state index is 0. The van der Waals surface area contributed by atoms with Crippen molar-refractivity contribution in [1.29, 1.82) is 0 Å². The van der Waals surface area contributed by atoms with Crippen LogP contribution in [-0.2, 0) is 6.54 Å². The van der Waals surface area contributed by atoms with Gasteiger partial charge in [-0.1, -0.05) is 6.07 Å². The van der Waals surface area contributed by atoms with Crippen molar-refractivity contribution < 1.29 is 17.9 Å². The van der Waals surface area contributed by atoms with E-state index in [2.05, 4.69) is 5.10 Å². The molecule has 0 aliphatic rings. The zero-order valence-electron chi connectivity index (χ0n) is 11.0. The van der Waals surface area contributed by atoms with E-state index in [0.29, 0.717) is 18.7 Å². The number of halogens is 4. The van der Waals surface area contributed by atoms with Crippen LogP contribution in [0.3, 0.4) is 0 Å². The van der Waals surface area contributed by atoms with Gasteiger partial charge < -0.3 is 10.5 Å². The molecule has 1 heterocycles. The smallest absolute Gasteiger partial charge is 0.272 e. The predicted octanol–water partition coefficient (Wildman–Crippen LogP) is 2.71. The van der Waals surface area contributed by atoms with Gasteiger partial charge in [0.25, 0.3) is 6.43 Å². The number of benzene rings is 1. The van der Waals surface area contributed by atoms with E-state index < -0.39 is 18.8 Å². The molecular weight excluding hydrogens is 307 g/mol. The fourth-order valence-corrected chi connectivity index (χ4v) is 1.71. The molecule has 0 radical (unpaired) electrons. The fourth-order valence-electron chi connectivity index (χ4n) is 1.71. The van der Waals surface area contributed by atoms with Gasteiger partial charge in [0.1, 0.15) is 6.61 Å². The Bertz CT molecular complexity index is 578. The van der Waals surface area contributed by atoms with Gasteiger partial charge in [0.05, 0.1) is 12.7 Å². The topological polar surface area (TPSA) is 53.1 Å². The van der Waals surface area contributed by atoms with Crippen LogP contribution in [0.25, 0.3) is 11.1 Å². The predicted molar refractivity (Wildman–Crippen MR) is 75.4 cm³/mol. The van der Waals surface area contributed by atoms with Gasteiger partial charge in [-0.15, -0.1) is 12.4 Å². The Morgan fingerprint density at radius 2 is 2.05 bits per heavy atom. The van der Waals surface area contributed by atoms with E-state index in [0.717, 1.165) is 5.56 Å². The van der Waals surface area contributed by atoms with E-state index in [1.165, 1.54) is 18.2 Å². The van der Waals surface area contributed by atoms with Gasteiger partial charge in [-0.3, -0.25) is 4.68 Å². The molecule has 116 valence electrons. The number of alkyl halides is 2. The lowest BCUT2D eigenvalue weighted by atomic mass is 10.1. The molecule has 8 heteroatoms. The number of nitrogens with two attached hydrogens (primary N) is 1. The summed E-state index contributed by atoms with van der Waals surface area (Å²) in [6.07, 6.45) is 0.696. The molecule has 1 aromatic heterocycles. The molecule has 0 aliphatic carbocycles. The van der Waals surface area contributed by atoms with Crippen molar-refractivity contribution in [3.63, 3.8) is 0 Å². The first-order chi connectivity index (χ1) is 9.60. The molecule has 1 aromatic carbocycles. The molecule has 0 fully saturated rings. The summed E-state index contributed by atoms with van der Waals surface area (Å²) in [7, 11) is 0. The fraction of sp³-hybridized carbons (Fsp3) is 0.308. The van der Waals surface area contributed by atoms with Gasteiger partial charge in [-0.25, -0.2) is 13.2 Å². The number of rotatable bonds is 6. The van der Waals surface area contributed by atoms with Crippen LogP contribution in [0.2, 0.25) is 0 Å². The van der Waals surface area contributed by atoms with E-state index in [9.17, 15) is 13.2 Å². The summed E-state index contributed by atoms with van der Waals surface area (Å²) >= 11 is 0. The van der Waals surface area contributed by atoms with Crippen molar-refractivity contribution in [2.75, 3.05) is 13.2 Å². The van der Waals surface area contributed by atoms with Crippen LogP contribution < -0.4 is 10.5 Å². The second-order valence-electron chi connectivity index (χ2n) is 4.13. The van der Waals surface area contributed by atoms with Crippen molar-refractivity contribution >= 4 is 12.4 Å². The van der Waals surface area contributed by atoms with Gasteiger partial charge in [0.2, 0.25) is 0 Å². The molecular formula is C13H15ClF3N3O. The van der Waals surface area contributed by atoms with Gasteiger partial charge in [-0.2, -0.15) is 5.10 Å². The summed E-state index contributed by atoms with van der Waals surface area (Å²) in [5.41, 5.74) is 6.79. The van der Waals surface area contributed by atoms with Crippen molar-refractivity contribution in [3.05, 3.63) is 36.4 Å². The minimum atomic E-state index is -2.65. The first-order valence-corrected chi connectivity index (χ1v) is 6.03. The van der Waals surface area contributed by atoms with Gasteiger partial charge in [-0.05, 0) is 17.7 Å². The minimum Gasteiger partial charge on any atom is -0.485 e. The maximum Gasteiger partial charge on any atom is 0.272 e. The summed E-state index contributed by atoms with van der Waals surface area (Å²) in [6, 6.07) is 4.09. The summed E-state index contributed by atoms with van der Waals surface area (Å²) < 4.78 is 44.0. The number of aromatic nitrogens is 2. The van der Waals surface area contributed by atoms with Gasteiger partial charge in [0.15, 0.2) is 11.6 Å². The van der Waals surface area contributed by atoms with Crippen LogP contribution in [0.5, 0.6) is 5.75 Å². The van der Waals surface area contributed by atoms with E-state index in [4.69, 9.17) is 10.5 Å². The molecule has 0 atom stereocenters. The summed E-state index contributed by atoms with van der Waals surface area (Å²) in [4.78, 5) is 0. The number of hydrogen-bond donors (Lipinski definition) is 1. The lowest BCUT2D eigenvalue weighted by Crippen LogP contribution is -2.09. The zero-order chi connectivity index (χ0) is 14.5. The summed E-state index contributed by atoms with van der Waals surface area (Å²) in [5.74, 6) is -0.877. The van der Waals surface area contributed by atoms with Crippen molar-refractivity contribution in [1.82, 2.24) is 9.78 Å². The monoisotopic (exact) mass is 321 g/mol. The van der Waals surface area contributed by atoms with E-state index in [1.54, 1.807) is 17.1 Å². The Balaban J connectivity index is 0.00000220. The molecule has 0 bridgehead atoms. The summed E-state index contributed by atoms with van der Waals surface area (Å²) in [5, 5.41) is 4.09. The zero-order valence-corrected chi connectivity index (χ0v) is 11.8. The average molecular weight is 322 g/mol. The Kier molecular flexibility index (Phi) is 6.51. The van der Waals surface area contributed by atoms with Crippen LogP contribution in [0.15, 0.2) is 30.6 Å². The van der Waals surface area contributed by atoms with Crippen LogP contribution in [-0.4, -0.2) is 29.4 Å². The number of hydrogen-bond acceptors (Lipinski definition) is 3. The third kappa shape index (κ3) is 4.64. The summed E-state index contributed by atoms with van der Waals surface area (Å²) in [6.45, 7) is 0.177. The van der Waals surface area contributed by atoms with E-state index >= 15 is 0 Å². The average Bonchev–Trinajstić information content (AvgIpc) is 2.87. The lowest BCUT2D eigenvalue weighted by Gasteiger charge is -2.08. The molecule has 4 nitrogen and oxygen atoms in total. The van der Waals surface area contributed by atoms with Crippen molar-refractivity contribution in [2.24, 2.45) is 5.73 Å². The third-order valence-corrected chi connectivity index (χ3v) is 2.62. The number of ether oxygens (including phenoxy) is 1. The SMILES string of the molecule is Cl.NCCn1cc(-c2ccc(F)c(OCC(F)F)c2)cn1. The third-order valence-electron chi connectivity index (χ3n) is 2.62. The molecule has 2 N–H and O–H groups in total. The van der Waals surface area contributed by atoms with Crippen LogP contribution >= 0.6 is 12.4 Å². The first kappa shape index (κ1) is 17.3. The largest absolute Gasteiger partial charge is 0.485 e. The molecule has 0 amide bonds. The van der Waals surface area contributed by atoms with Crippen LogP contribution in [0, 0.1) is 5.82 Å². The highest BCUT2D eigenvalue weighted by Gasteiger charge is 2.10. The highest BCUT2D eigenvalue weighted by molar-refractivity contribution is 5.85. The van der Waals surface area contributed by atoms with Gasteiger partial charge in [0, 0.05) is 18.3 Å². The van der Waals surface area contributed by atoms with Crippen molar-refractivity contribution in [2.45, 2.75) is 13.0 Å². The molecule has 21 heavy (non-hydrogen) atoms. The molecule has 0 spiro atoms. The molecule has 0 saturated carbocycles. The van der Waals surface area contributed by atoms with Crippen molar-refractivity contribution in [3.8, 4) is 16.9 Å². The maximum atomic E-state index is 13.5. The molecule has 0 aliphatic heterocycles. The number of nitrogens with zero attached hydrogens (tertiary/aromatic N) is 2. The second-order valence-corrected chi connectivity index (χ2v) is 4.13. The normalized spacial score (nSPS) is 10.5. The van der Waals surface area contributed by atoms with E-state index in [1.807, 2.05) is 0 Å². The Morgan fingerprint density at radius 1 is 1.29 bits per heavy atom. The first-order valence-electron chi connectivity index (χ1n) is 6.03. The lowest BCUT2D eigenvalue weighted by molar-refractivity contribution is 0.0799. The highest BCUT2D eigenvalue weighted by Crippen LogP contribution is 2.26. The highest BCUT2D eigenvalue weighted by atomic mass is 35.5. The molecule has 0 unspecified atom stereocenters. The second kappa shape index (κ2) is 7.90. The molecule has 2 rings (SSSR count). The van der Waals surface area contributed by atoms with E-state index in [-0.39, 0.29) is 18.2 Å².